The highest BCUT2D eigenvalue weighted by Crippen LogP contribution is 2.32. The van der Waals surface area contributed by atoms with Gasteiger partial charge in [0.05, 0.1) is 30.9 Å². The van der Waals surface area contributed by atoms with E-state index in [0.717, 1.165) is 25.0 Å². The molecule has 2 aromatic heterocycles. The molecule has 1 aliphatic heterocycles. The minimum Gasteiger partial charge on any atom is -0.494 e. The molecule has 0 atom stereocenters. The Balaban J connectivity index is 1.54. The van der Waals surface area contributed by atoms with E-state index in [1.165, 1.54) is 13.2 Å². The summed E-state index contributed by atoms with van der Waals surface area (Å²) in [7, 11) is 1.41. The number of halogens is 3. The lowest BCUT2D eigenvalue weighted by Crippen LogP contribution is -2.38. The Kier molecular flexibility index (Phi) is 6.42. The monoisotopic (exact) mass is 477 g/mol. The number of nitrogens with one attached hydrogen (secondary N) is 1. The number of aromatic nitrogens is 3. The Bertz CT molecular complexity index is 1220. The van der Waals surface area contributed by atoms with Crippen LogP contribution in [0.1, 0.15) is 35.1 Å². The number of anilines is 1. The molecule has 1 aliphatic rings. The van der Waals surface area contributed by atoms with Crippen molar-refractivity contribution >= 4 is 28.5 Å². The second-order valence-corrected chi connectivity index (χ2v) is 7.98. The van der Waals surface area contributed by atoms with E-state index in [9.17, 15) is 22.8 Å². The van der Waals surface area contributed by atoms with Gasteiger partial charge >= 0.3 is 12.1 Å². The van der Waals surface area contributed by atoms with Gasteiger partial charge in [0.25, 0.3) is 5.91 Å². The van der Waals surface area contributed by atoms with Gasteiger partial charge in [-0.3, -0.25) is 19.2 Å². The lowest BCUT2D eigenvalue weighted by molar-refractivity contribution is -0.141. The maximum absolute atomic E-state index is 12.9. The van der Waals surface area contributed by atoms with Crippen LogP contribution in [-0.4, -0.2) is 63.4 Å². The van der Waals surface area contributed by atoms with Crippen molar-refractivity contribution in [3.8, 4) is 5.75 Å². The molecular formula is C22H22F3N5O4. The van der Waals surface area contributed by atoms with E-state index in [-0.39, 0.29) is 24.0 Å². The molecule has 9 nitrogen and oxygen atoms in total. The van der Waals surface area contributed by atoms with Crippen LogP contribution in [0.5, 0.6) is 5.75 Å². The largest absolute Gasteiger partial charge is 0.494 e. The molecule has 34 heavy (non-hydrogen) atoms. The molecule has 1 fully saturated rings. The van der Waals surface area contributed by atoms with Gasteiger partial charge in [0.2, 0.25) is 0 Å². The molecule has 4 rings (SSSR count). The number of pyridine rings is 1. The zero-order valence-electron chi connectivity index (χ0n) is 18.2. The van der Waals surface area contributed by atoms with Gasteiger partial charge in [-0.05, 0) is 31.0 Å². The summed E-state index contributed by atoms with van der Waals surface area (Å²) in [5.41, 5.74) is -0.630. The molecule has 0 saturated carbocycles. The molecule has 1 aromatic carbocycles. The van der Waals surface area contributed by atoms with Gasteiger partial charge in [-0.2, -0.15) is 18.3 Å². The third-order valence-electron chi connectivity index (χ3n) is 5.65. The Morgan fingerprint density at radius 3 is 2.62 bits per heavy atom. The highest BCUT2D eigenvalue weighted by Gasteiger charge is 2.33. The molecule has 3 aromatic rings. The van der Waals surface area contributed by atoms with E-state index in [0.29, 0.717) is 29.7 Å². The molecule has 1 amide bonds. The molecule has 180 valence electrons. The van der Waals surface area contributed by atoms with Gasteiger partial charge in [-0.15, -0.1) is 0 Å². The molecule has 0 spiro atoms. The molecule has 1 saturated heterocycles. The van der Waals surface area contributed by atoms with Gasteiger partial charge < -0.3 is 15.2 Å². The standard InChI is InChI=1S/C22H22F3N5O4/c1-34-18-10-16-13(11-30(28-16)14-5-7-29(8-6-14)12-20(31)32)9-17(18)27-21(33)15-3-2-4-19(26-15)22(23,24)25/h2-4,9-11,14H,5-8,12H2,1H3,(H,27,33)(H,31,32). The quantitative estimate of drug-likeness (QED) is 0.560. The van der Waals surface area contributed by atoms with Crippen molar-refractivity contribution in [2.75, 3.05) is 32.1 Å². The van der Waals surface area contributed by atoms with E-state index in [1.54, 1.807) is 12.1 Å². The number of ether oxygens (including phenoxy) is 1. The summed E-state index contributed by atoms with van der Waals surface area (Å²) in [6.07, 6.45) is -1.36. The predicted molar refractivity (Wildman–Crippen MR) is 116 cm³/mol. The van der Waals surface area contributed by atoms with Crippen LogP contribution in [0, 0.1) is 0 Å². The number of hydrogen-bond acceptors (Lipinski definition) is 6. The fourth-order valence-corrected chi connectivity index (χ4v) is 3.96. The number of carboxylic acids is 1. The summed E-state index contributed by atoms with van der Waals surface area (Å²) in [4.78, 5) is 28.8. The average molecular weight is 477 g/mol. The number of carboxylic acid groups (broad SMARTS) is 1. The maximum Gasteiger partial charge on any atom is 0.433 e. The number of nitrogens with zero attached hydrogens (tertiary/aromatic N) is 4. The van der Waals surface area contributed by atoms with E-state index >= 15 is 0 Å². The smallest absolute Gasteiger partial charge is 0.433 e. The van der Waals surface area contributed by atoms with Crippen molar-refractivity contribution in [1.82, 2.24) is 19.7 Å². The van der Waals surface area contributed by atoms with Crippen LogP contribution in [0.4, 0.5) is 18.9 Å². The van der Waals surface area contributed by atoms with Crippen LogP contribution < -0.4 is 10.1 Å². The van der Waals surface area contributed by atoms with Gasteiger partial charge in [0.15, 0.2) is 0 Å². The molecule has 0 unspecified atom stereocenters. The minimum absolute atomic E-state index is 0.00873. The molecule has 0 bridgehead atoms. The Morgan fingerprint density at radius 1 is 1.24 bits per heavy atom. The van der Waals surface area contributed by atoms with E-state index in [1.807, 2.05) is 15.8 Å². The lowest BCUT2D eigenvalue weighted by Gasteiger charge is -2.30. The Morgan fingerprint density at radius 2 is 1.97 bits per heavy atom. The second-order valence-electron chi connectivity index (χ2n) is 7.98. The lowest BCUT2D eigenvalue weighted by atomic mass is 10.1. The molecule has 0 radical (unpaired) electrons. The molecular weight excluding hydrogens is 455 g/mol. The number of hydrogen-bond donors (Lipinski definition) is 2. The third-order valence-corrected chi connectivity index (χ3v) is 5.65. The van der Waals surface area contributed by atoms with Gasteiger partial charge in [-0.25, -0.2) is 4.98 Å². The third kappa shape index (κ3) is 5.11. The summed E-state index contributed by atoms with van der Waals surface area (Å²) in [5, 5.41) is 16.8. The molecule has 2 N–H and O–H groups in total. The number of amides is 1. The number of alkyl halides is 3. The van der Waals surface area contributed by atoms with Crippen molar-refractivity contribution in [3.63, 3.8) is 0 Å². The van der Waals surface area contributed by atoms with Crippen molar-refractivity contribution < 1.29 is 32.6 Å². The van der Waals surface area contributed by atoms with Crippen molar-refractivity contribution in [2.45, 2.75) is 25.1 Å². The number of methoxy groups -OCH3 is 1. The van der Waals surface area contributed by atoms with Crippen molar-refractivity contribution in [1.29, 1.82) is 0 Å². The van der Waals surface area contributed by atoms with Crippen LogP contribution in [0.2, 0.25) is 0 Å². The molecule has 0 aliphatic carbocycles. The second kappa shape index (κ2) is 9.29. The number of carbonyl (C=O) groups is 2. The number of carbonyl (C=O) groups excluding carboxylic acids is 1. The Hall–Kier alpha value is -3.67. The van der Waals surface area contributed by atoms with Crippen molar-refractivity contribution in [3.05, 3.63) is 47.9 Å². The summed E-state index contributed by atoms with van der Waals surface area (Å²) in [5.74, 6) is -1.36. The maximum atomic E-state index is 12.9. The van der Waals surface area contributed by atoms with E-state index in [2.05, 4.69) is 15.4 Å². The first-order chi connectivity index (χ1) is 16.1. The molecule has 12 heteroatoms. The zero-order chi connectivity index (χ0) is 24.5. The number of likely N-dealkylation sites (tertiary alicyclic amines) is 1. The highest BCUT2D eigenvalue weighted by molar-refractivity contribution is 6.05. The van der Waals surface area contributed by atoms with Gasteiger partial charge in [0.1, 0.15) is 17.1 Å². The van der Waals surface area contributed by atoms with E-state index < -0.39 is 23.7 Å². The van der Waals surface area contributed by atoms with Crippen LogP contribution in [0.15, 0.2) is 36.5 Å². The number of benzene rings is 1. The number of rotatable bonds is 6. The van der Waals surface area contributed by atoms with Crippen LogP contribution in [0.3, 0.4) is 0 Å². The first-order valence-electron chi connectivity index (χ1n) is 10.5. The number of piperidine rings is 1. The van der Waals surface area contributed by atoms with E-state index in [4.69, 9.17) is 9.84 Å². The Labute approximate surface area is 192 Å². The highest BCUT2D eigenvalue weighted by atomic mass is 19.4. The van der Waals surface area contributed by atoms with Crippen LogP contribution >= 0.6 is 0 Å². The fraction of sp³-hybridized carbons (Fsp3) is 0.364. The van der Waals surface area contributed by atoms with Crippen LogP contribution in [0.25, 0.3) is 10.9 Å². The fourth-order valence-electron chi connectivity index (χ4n) is 3.96. The SMILES string of the molecule is COc1cc2nn(C3CCN(CC(=O)O)CC3)cc2cc1NC(=O)c1cccc(C(F)(F)F)n1. The average Bonchev–Trinajstić information content (AvgIpc) is 3.21. The summed E-state index contributed by atoms with van der Waals surface area (Å²) in [6.45, 7) is 1.29. The first-order valence-corrected chi connectivity index (χ1v) is 10.5. The number of fused-ring (bicyclic) bond motifs is 1. The normalized spacial score (nSPS) is 15.4. The van der Waals surface area contributed by atoms with Crippen molar-refractivity contribution in [2.24, 2.45) is 0 Å². The zero-order valence-corrected chi connectivity index (χ0v) is 18.2. The topological polar surface area (TPSA) is 110 Å². The summed E-state index contributed by atoms with van der Waals surface area (Å²) in [6, 6.07) is 6.49. The van der Waals surface area contributed by atoms with Gasteiger partial charge in [0, 0.05) is 30.7 Å². The predicted octanol–water partition coefficient (Wildman–Crippen LogP) is 3.43. The molecule has 3 heterocycles. The number of aliphatic carboxylic acids is 1. The van der Waals surface area contributed by atoms with Crippen LogP contribution in [-0.2, 0) is 11.0 Å². The summed E-state index contributed by atoms with van der Waals surface area (Å²) >= 11 is 0. The first kappa shape index (κ1) is 23.5. The summed E-state index contributed by atoms with van der Waals surface area (Å²) < 4.78 is 46.0. The van der Waals surface area contributed by atoms with Gasteiger partial charge in [-0.1, -0.05) is 6.07 Å². The minimum atomic E-state index is -4.66.